The highest BCUT2D eigenvalue weighted by atomic mass is 28.4. The molecular formula is C22H48O3Si2. The van der Waals surface area contributed by atoms with Crippen molar-refractivity contribution >= 4 is 22.4 Å². The van der Waals surface area contributed by atoms with Crippen LogP contribution in [-0.2, 0) is 13.6 Å². The van der Waals surface area contributed by atoms with Gasteiger partial charge in [-0.2, -0.15) is 0 Å². The van der Waals surface area contributed by atoms with E-state index in [4.69, 9.17) is 8.85 Å². The third-order valence-corrected chi connectivity index (χ3v) is 16.4. The van der Waals surface area contributed by atoms with E-state index >= 15 is 0 Å². The Morgan fingerprint density at radius 1 is 0.852 bits per heavy atom. The lowest BCUT2D eigenvalue weighted by atomic mass is 9.81. The summed E-state index contributed by atoms with van der Waals surface area (Å²) in [4.78, 5) is 11.6. The second-order valence-corrected chi connectivity index (χ2v) is 18.4. The second kappa shape index (κ2) is 12.6. The van der Waals surface area contributed by atoms with Crippen LogP contribution in [0.2, 0.25) is 36.3 Å². The van der Waals surface area contributed by atoms with Gasteiger partial charge in [-0.05, 0) is 61.4 Å². The van der Waals surface area contributed by atoms with Gasteiger partial charge >= 0.3 is 0 Å². The predicted molar refractivity (Wildman–Crippen MR) is 124 cm³/mol. The fraction of sp³-hybridized carbons (Fsp3) is 0.955. The van der Waals surface area contributed by atoms with E-state index in [9.17, 15) is 4.79 Å². The fourth-order valence-corrected chi connectivity index (χ4v) is 9.68. The molecule has 0 spiro atoms. The molecule has 0 amide bonds. The summed E-state index contributed by atoms with van der Waals surface area (Å²) in [5.74, 6) is 0.266. The molecule has 162 valence electrons. The molecule has 0 bridgehead atoms. The normalized spacial score (nSPS) is 14.4. The molecule has 0 fully saturated rings. The van der Waals surface area contributed by atoms with E-state index in [2.05, 4.69) is 55.4 Å². The number of Topliss-reactive ketones (excluding diaryl/α,β-unsaturated/α-hetero) is 1. The average Bonchev–Trinajstić information content (AvgIpc) is 2.66. The smallest absolute Gasteiger partial charge is 0.192 e. The summed E-state index contributed by atoms with van der Waals surface area (Å²) >= 11 is 0. The molecule has 0 heterocycles. The topological polar surface area (TPSA) is 35.5 Å². The van der Waals surface area contributed by atoms with E-state index in [1.165, 1.54) is 18.1 Å². The lowest BCUT2D eigenvalue weighted by molar-refractivity contribution is -0.117. The minimum absolute atomic E-state index is 0.0303. The Morgan fingerprint density at radius 2 is 1.30 bits per heavy atom. The summed E-state index contributed by atoms with van der Waals surface area (Å²) in [6.45, 7) is 20.8. The van der Waals surface area contributed by atoms with Crippen molar-refractivity contribution in [3.05, 3.63) is 0 Å². The van der Waals surface area contributed by atoms with Crippen molar-refractivity contribution in [2.24, 2.45) is 5.41 Å². The zero-order chi connectivity index (χ0) is 21.1. The van der Waals surface area contributed by atoms with Crippen molar-refractivity contribution in [1.29, 1.82) is 0 Å². The Labute approximate surface area is 172 Å². The largest absolute Gasteiger partial charge is 0.417 e. The summed E-state index contributed by atoms with van der Waals surface area (Å²) < 4.78 is 13.4. The van der Waals surface area contributed by atoms with Crippen LogP contribution in [0.4, 0.5) is 0 Å². The Hall–Kier alpha value is 0.0238. The van der Waals surface area contributed by atoms with Gasteiger partial charge in [-0.15, -0.1) is 0 Å². The van der Waals surface area contributed by atoms with Gasteiger partial charge in [-0.25, -0.2) is 0 Å². The average molecular weight is 417 g/mol. The van der Waals surface area contributed by atoms with Gasteiger partial charge in [-0.1, -0.05) is 55.4 Å². The van der Waals surface area contributed by atoms with Crippen LogP contribution in [0.1, 0.15) is 81.6 Å². The third kappa shape index (κ3) is 8.50. The molecule has 1 unspecified atom stereocenters. The number of hydrogen-bond acceptors (Lipinski definition) is 3. The van der Waals surface area contributed by atoms with Crippen molar-refractivity contribution in [2.75, 3.05) is 6.61 Å². The molecule has 5 heteroatoms. The van der Waals surface area contributed by atoms with Gasteiger partial charge in [-0.3, -0.25) is 0 Å². The van der Waals surface area contributed by atoms with E-state index in [0.717, 1.165) is 37.6 Å². The molecule has 0 aromatic rings. The molecule has 0 radical (unpaired) electrons. The number of rotatable bonds is 16. The first-order valence-corrected chi connectivity index (χ1v) is 16.5. The molecule has 0 saturated carbocycles. The maximum Gasteiger partial charge on any atom is 0.192 e. The van der Waals surface area contributed by atoms with Gasteiger partial charge in [0.15, 0.2) is 16.6 Å². The minimum Gasteiger partial charge on any atom is -0.417 e. The van der Waals surface area contributed by atoms with Crippen molar-refractivity contribution in [3.63, 3.8) is 0 Å². The lowest BCUT2D eigenvalue weighted by Gasteiger charge is -2.42. The number of hydrogen-bond donors (Lipinski definition) is 0. The van der Waals surface area contributed by atoms with E-state index in [-0.39, 0.29) is 17.3 Å². The van der Waals surface area contributed by atoms with Crippen LogP contribution in [0.3, 0.4) is 0 Å². The van der Waals surface area contributed by atoms with Crippen LogP contribution in [0.5, 0.6) is 0 Å². The third-order valence-electron chi connectivity index (χ3n) is 7.04. The molecule has 0 N–H and O–H groups in total. The Kier molecular flexibility index (Phi) is 12.6. The van der Waals surface area contributed by atoms with Gasteiger partial charge in [0, 0.05) is 13.0 Å². The molecule has 0 aliphatic heterocycles. The van der Waals surface area contributed by atoms with Crippen molar-refractivity contribution in [1.82, 2.24) is 0 Å². The first-order chi connectivity index (χ1) is 12.6. The number of ketones is 1. The molecule has 0 aliphatic rings. The molecule has 3 nitrogen and oxygen atoms in total. The quantitative estimate of drug-likeness (QED) is 0.250. The lowest BCUT2D eigenvalue weighted by Crippen LogP contribution is -2.46. The van der Waals surface area contributed by atoms with Gasteiger partial charge in [0.2, 0.25) is 0 Å². The highest BCUT2D eigenvalue weighted by Gasteiger charge is 2.39. The standard InChI is InChI=1S/C22H48O3Si2/c1-10-26(11-2,12-3)24-19-18-22(8,9)21(17-16-20(7)23)25-27(13-4,14-5)15-6/h21H,10-19H2,1-9H3. The van der Waals surface area contributed by atoms with Gasteiger partial charge in [0.1, 0.15) is 5.78 Å². The van der Waals surface area contributed by atoms with Crippen LogP contribution in [0.15, 0.2) is 0 Å². The molecular weight excluding hydrogens is 368 g/mol. The SMILES string of the molecule is CC[Si](CC)(CC)OCCC(C)(C)C(CCC(C)=O)O[Si](CC)(CC)CC. The maximum absolute atomic E-state index is 11.6. The van der Waals surface area contributed by atoms with Crippen LogP contribution in [-0.4, -0.2) is 35.1 Å². The highest BCUT2D eigenvalue weighted by molar-refractivity contribution is 6.74. The Bertz CT molecular complexity index is 399. The van der Waals surface area contributed by atoms with Crippen molar-refractivity contribution in [3.8, 4) is 0 Å². The Balaban J connectivity index is 5.22. The molecule has 0 saturated heterocycles. The maximum atomic E-state index is 11.6. The summed E-state index contributed by atoms with van der Waals surface area (Å²) in [6, 6.07) is 7.05. The molecule has 27 heavy (non-hydrogen) atoms. The molecule has 0 aromatic heterocycles. The van der Waals surface area contributed by atoms with Crippen LogP contribution in [0.25, 0.3) is 0 Å². The molecule has 0 aliphatic carbocycles. The summed E-state index contributed by atoms with van der Waals surface area (Å²) in [7, 11) is -3.24. The van der Waals surface area contributed by atoms with Gasteiger partial charge in [0.05, 0.1) is 6.10 Å². The number of carbonyl (C=O) groups excluding carboxylic acids is 1. The summed E-state index contributed by atoms with van der Waals surface area (Å²) in [5.41, 5.74) is 0.0303. The van der Waals surface area contributed by atoms with Crippen molar-refractivity contribution < 1.29 is 13.6 Å². The van der Waals surface area contributed by atoms with Gasteiger partial charge in [0.25, 0.3) is 0 Å². The van der Waals surface area contributed by atoms with Gasteiger partial charge < -0.3 is 13.6 Å². The van der Waals surface area contributed by atoms with Crippen molar-refractivity contribution in [2.45, 2.75) is 124 Å². The van der Waals surface area contributed by atoms with E-state index in [1.54, 1.807) is 6.92 Å². The minimum atomic E-state index is -1.70. The van der Waals surface area contributed by atoms with E-state index in [1.807, 2.05) is 0 Å². The molecule has 0 rings (SSSR count). The monoisotopic (exact) mass is 416 g/mol. The van der Waals surface area contributed by atoms with E-state index < -0.39 is 16.6 Å². The molecule has 1 atom stereocenters. The van der Waals surface area contributed by atoms with Crippen LogP contribution in [0, 0.1) is 5.41 Å². The second-order valence-electron chi connectivity index (χ2n) is 8.92. The summed E-state index contributed by atoms with van der Waals surface area (Å²) in [5, 5.41) is 0. The number of carbonyl (C=O) groups is 1. The molecule has 0 aromatic carbocycles. The zero-order valence-corrected chi connectivity index (χ0v) is 21.9. The Morgan fingerprint density at radius 3 is 1.67 bits per heavy atom. The van der Waals surface area contributed by atoms with E-state index in [0.29, 0.717) is 6.42 Å². The first-order valence-electron chi connectivity index (χ1n) is 11.4. The summed E-state index contributed by atoms with van der Waals surface area (Å²) in [6.07, 6.45) is 2.62. The zero-order valence-electron chi connectivity index (χ0n) is 19.9. The van der Waals surface area contributed by atoms with Crippen LogP contribution >= 0.6 is 0 Å². The van der Waals surface area contributed by atoms with Crippen LogP contribution < -0.4 is 0 Å². The predicted octanol–water partition coefficient (Wildman–Crippen LogP) is 7.18. The first kappa shape index (κ1) is 27.0. The fourth-order valence-electron chi connectivity index (χ4n) is 3.99. The highest BCUT2D eigenvalue weighted by Crippen LogP contribution is 2.36.